The standard InChI is InChI=1S/C41H37NO6S/c1-27-11-15-29(16-12-27)38(30-17-13-28(2)14-18-30)23-40(44)31-19-21-33(22-20-31)49(46,47)26-32(43)24-42-41(45)48-25-39-36-9-5-3-7-34(36)35-8-4-6-10-37(35)39/h3-22,38-39H,23-26H2,1-2H3,(H,42,45). The van der Waals surface area contributed by atoms with Crippen LogP contribution in [0.2, 0.25) is 0 Å². The third-order valence-electron chi connectivity index (χ3n) is 9.01. The number of carbonyl (C=O) groups is 3. The summed E-state index contributed by atoms with van der Waals surface area (Å²) in [5.41, 5.74) is 8.98. The first-order valence-corrected chi connectivity index (χ1v) is 17.8. The second-order valence-corrected chi connectivity index (χ2v) is 14.5. The Kier molecular flexibility index (Phi) is 9.87. The largest absolute Gasteiger partial charge is 0.449 e. The van der Waals surface area contributed by atoms with E-state index in [0.717, 1.165) is 44.5 Å². The fourth-order valence-corrected chi connectivity index (χ4v) is 7.59. The molecule has 1 aliphatic carbocycles. The molecule has 0 saturated carbocycles. The highest BCUT2D eigenvalue weighted by atomic mass is 32.2. The SMILES string of the molecule is Cc1ccc(C(CC(=O)c2ccc(S(=O)(=O)CC(=O)CNC(=O)OCC3c4ccccc4-c4ccccc43)cc2)c2ccc(C)cc2)cc1. The van der Waals surface area contributed by atoms with Crippen molar-refractivity contribution < 1.29 is 27.5 Å². The fourth-order valence-electron chi connectivity index (χ4n) is 6.34. The average Bonchev–Trinajstić information content (AvgIpc) is 3.43. The molecule has 5 aromatic carbocycles. The van der Waals surface area contributed by atoms with Crippen molar-refractivity contribution in [1.29, 1.82) is 0 Å². The maximum absolute atomic E-state index is 13.4. The van der Waals surface area contributed by atoms with Gasteiger partial charge in [0.2, 0.25) is 0 Å². The van der Waals surface area contributed by atoms with E-state index in [1.807, 2.05) is 111 Å². The van der Waals surface area contributed by atoms with E-state index in [9.17, 15) is 22.8 Å². The van der Waals surface area contributed by atoms with E-state index in [0.29, 0.717) is 5.56 Å². The minimum absolute atomic E-state index is 0.0767. The molecule has 1 amide bonds. The van der Waals surface area contributed by atoms with Crippen LogP contribution in [0.4, 0.5) is 4.79 Å². The van der Waals surface area contributed by atoms with Crippen LogP contribution in [0.5, 0.6) is 0 Å². The second-order valence-electron chi connectivity index (χ2n) is 12.5. The molecule has 0 aromatic heterocycles. The van der Waals surface area contributed by atoms with Crippen molar-refractivity contribution in [2.75, 3.05) is 18.9 Å². The second kappa shape index (κ2) is 14.4. The van der Waals surface area contributed by atoms with Gasteiger partial charge in [0.15, 0.2) is 21.4 Å². The van der Waals surface area contributed by atoms with E-state index >= 15 is 0 Å². The van der Waals surface area contributed by atoms with Crippen LogP contribution in [0.15, 0.2) is 126 Å². The molecule has 0 fully saturated rings. The Morgan fingerprint density at radius 1 is 0.694 bits per heavy atom. The molecule has 8 heteroatoms. The van der Waals surface area contributed by atoms with Crippen LogP contribution in [0, 0.1) is 13.8 Å². The Hall–Kier alpha value is -5.34. The lowest BCUT2D eigenvalue weighted by atomic mass is 9.85. The van der Waals surface area contributed by atoms with Crippen LogP contribution < -0.4 is 5.32 Å². The summed E-state index contributed by atoms with van der Waals surface area (Å²) in [4.78, 5) is 38.5. The highest BCUT2D eigenvalue weighted by Gasteiger charge is 2.29. The van der Waals surface area contributed by atoms with Crippen molar-refractivity contribution in [3.05, 3.63) is 160 Å². The van der Waals surface area contributed by atoms with Crippen LogP contribution in [-0.2, 0) is 19.4 Å². The van der Waals surface area contributed by atoms with Crippen LogP contribution in [0.25, 0.3) is 11.1 Å². The number of sulfone groups is 1. The fraction of sp³-hybridized carbons (Fsp3) is 0.195. The van der Waals surface area contributed by atoms with Gasteiger partial charge in [0, 0.05) is 23.8 Å². The summed E-state index contributed by atoms with van der Waals surface area (Å²) in [7, 11) is -4.01. The molecule has 49 heavy (non-hydrogen) atoms. The minimum atomic E-state index is -4.01. The van der Waals surface area contributed by atoms with Crippen molar-refractivity contribution in [3.63, 3.8) is 0 Å². The Morgan fingerprint density at radius 2 is 1.20 bits per heavy atom. The Balaban J connectivity index is 1.03. The number of alkyl carbamates (subject to hydrolysis) is 1. The zero-order valence-corrected chi connectivity index (χ0v) is 28.2. The number of aryl methyl sites for hydroxylation is 2. The first-order chi connectivity index (χ1) is 23.6. The quantitative estimate of drug-likeness (QED) is 0.137. The van der Waals surface area contributed by atoms with Gasteiger partial charge in [-0.1, -0.05) is 120 Å². The van der Waals surface area contributed by atoms with Crippen LogP contribution in [0.1, 0.15) is 62.0 Å². The number of ether oxygens (including phenoxy) is 1. The number of carbonyl (C=O) groups excluding carboxylic acids is 3. The zero-order chi connectivity index (χ0) is 34.5. The van der Waals surface area contributed by atoms with Crippen LogP contribution in [-0.4, -0.2) is 45.0 Å². The summed E-state index contributed by atoms with van der Waals surface area (Å²) in [5, 5.41) is 2.38. The number of benzene rings is 5. The third kappa shape index (κ3) is 7.71. The smallest absolute Gasteiger partial charge is 0.407 e. The molecule has 7 nitrogen and oxygen atoms in total. The maximum atomic E-state index is 13.4. The molecule has 6 rings (SSSR count). The zero-order valence-electron chi connectivity index (χ0n) is 27.4. The number of Topliss-reactive ketones (excluding diaryl/α,β-unsaturated/α-hetero) is 2. The summed E-state index contributed by atoms with van der Waals surface area (Å²) in [6.45, 7) is 3.61. The highest BCUT2D eigenvalue weighted by Crippen LogP contribution is 2.44. The molecule has 0 spiro atoms. The monoisotopic (exact) mass is 671 g/mol. The molecule has 248 valence electrons. The summed E-state index contributed by atoms with van der Waals surface area (Å²) in [6.07, 6.45) is -0.594. The predicted octanol–water partition coefficient (Wildman–Crippen LogP) is 7.59. The van der Waals surface area contributed by atoms with E-state index in [1.165, 1.54) is 24.3 Å². The van der Waals surface area contributed by atoms with Gasteiger partial charge in [0.05, 0.1) is 11.4 Å². The van der Waals surface area contributed by atoms with Gasteiger partial charge in [-0.05, 0) is 59.4 Å². The molecule has 0 aliphatic heterocycles. The number of rotatable bonds is 12. The number of nitrogens with one attached hydrogen (secondary N) is 1. The summed E-state index contributed by atoms with van der Waals surface area (Å²) in [5.74, 6) is -1.92. The molecule has 0 bridgehead atoms. The molecule has 1 N–H and O–H groups in total. The van der Waals surface area contributed by atoms with Gasteiger partial charge >= 0.3 is 6.09 Å². The molecule has 5 aromatic rings. The molecular formula is C41H37NO6S. The lowest BCUT2D eigenvalue weighted by Crippen LogP contribution is -2.33. The van der Waals surface area contributed by atoms with Gasteiger partial charge in [-0.25, -0.2) is 13.2 Å². The average molecular weight is 672 g/mol. The first kappa shape index (κ1) is 33.6. The molecule has 0 radical (unpaired) electrons. The highest BCUT2D eigenvalue weighted by molar-refractivity contribution is 7.92. The van der Waals surface area contributed by atoms with Crippen LogP contribution >= 0.6 is 0 Å². The number of ketones is 2. The predicted molar refractivity (Wildman–Crippen MR) is 190 cm³/mol. The van der Waals surface area contributed by atoms with Crippen molar-refractivity contribution >= 4 is 27.5 Å². The van der Waals surface area contributed by atoms with E-state index in [4.69, 9.17) is 4.74 Å². The van der Waals surface area contributed by atoms with Crippen molar-refractivity contribution in [1.82, 2.24) is 5.32 Å². The van der Waals surface area contributed by atoms with Crippen molar-refractivity contribution in [3.8, 4) is 11.1 Å². The normalized spacial score (nSPS) is 12.3. The van der Waals surface area contributed by atoms with Crippen LogP contribution in [0.3, 0.4) is 0 Å². The lowest BCUT2D eigenvalue weighted by Gasteiger charge is -2.18. The van der Waals surface area contributed by atoms with E-state index in [-0.39, 0.29) is 35.5 Å². The number of amides is 1. The van der Waals surface area contributed by atoms with Gasteiger partial charge in [-0.15, -0.1) is 0 Å². The lowest BCUT2D eigenvalue weighted by molar-refractivity contribution is -0.115. The van der Waals surface area contributed by atoms with Gasteiger partial charge in [-0.3, -0.25) is 9.59 Å². The first-order valence-electron chi connectivity index (χ1n) is 16.2. The van der Waals surface area contributed by atoms with Gasteiger partial charge < -0.3 is 10.1 Å². The Morgan fingerprint density at radius 3 is 1.73 bits per heavy atom. The molecule has 0 atom stereocenters. The molecule has 0 saturated heterocycles. The van der Waals surface area contributed by atoms with Crippen molar-refractivity contribution in [2.24, 2.45) is 0 Å². The number of hydrogen-bond donors (Lipinski definition) is 1. The van der Waals surface area contributed by atoms with Crippen molar-refractivity contribution in [2.45, 2.75) is 37.0 Å². The molecular weight excluding hydrogens is 635 g/mol. The molecule has 0 heterocycles. The number of hydrogen-bond acceptors (Lipinski definition) is 6. The van der Waals surface area contributed by atoms with Gasteiger partial charge in [-0.2, -0.15) is 0 Å². The summed E-state index contributed by atoms with van der Waals surface area (Å²) in [6, 6.07) is 37.8. The van der Waals surface area contributed by atoms with E-state index in [2.05, 4.69) is 5.32 Å². The molecule has 1 aliphatic rings. The third-order valence-corrected chi connectivity index (χ3v) is 10.7. The Labute approximate surface area is 286 Å². The van der Waals surface area contributed by atoms with E-state index < -0.39 is 34.0 Å². The Bertz CT molecular complexity index is 2010. The minimum Gasteiger partial charge on any atom is -0.449 e. The summed E-state index contributed by atoms with van der Waals surface area (Å²) < 4.78 is 31.6. The van der Waals surface area contributed by atoms with Gasteiger partial charge in [0.25, 0.3) is 0 Å². The molecule has 0 unspecified atom stereocenters. The topological polar surface area (TPSA) is 107 Å². The summed E-state index contributed by atoms with van der Waals surface area (Å²) >= 11 is 0. The van der Waals surface area contributed by atoms with Gasteiger partial charge in [0.1, 0.15) is 12.4 Å². The van der Waals surface area contributed by atoms with E-state index in [1.54, 1.807) is 0 Å². The maximum Gasteiger partial charge on any atom is 0.407 e. The number of fused-ring (bicyclic) bond motifs is 3.